The number of pyridine rings is 2. The van der Waals surface area contributed by atoms with E-state index in [9.17, 15) is 0 Å². The van der Waals surface area contributed by atoms with Crippen LogP contribution in [0.15, 0.2) is 67.1 Å². The highest BCUT2D eigenvalue weighted by molar-refractivity contribution is 7.80. The van der Waals surface area contributed by atoms with Gasteiger partial charge in [-0.25, -0.2) is 0 Å². The lowest BCUT2D eigenvalue weighted by Gasteiger charge is -2.28. The molecule has 144 valence electrons. The zero-order valence-corrected chi connectivity index (χ0v) is 16.8. The molecular weight excluding hydrogens is 366 g/mol. The van der Waals surface area contributed by atoms with Crippen LogP contribution in [0.3, 0.4) is 0 Å². The Hall–Kier alpha value is -2.73. The molecule has 2 atom stereocenters. The van der Waals surface area contributed by atoms with Crippen molar-refractivity contribution in [3.05, 3.63) is 84.2 Å². The van der Waals surface area contributed by atoms with Gasteiger partial charge in [0.2, 0.25) is 0 Å². The van der Waals surface area contributed by atoms with E-state index in [0.717, 1.165) is 42.4 Å². The Morgan fingerprint density at radius 3 is 2.57 bits per heavy atom. The fourth-order valence-electron chi connectivity index (χ4n) is 3.80. The van der Waals surface area contributed by atoms with E-state index in [1.54, 1.807) is 0 Å². The van der Waals surface area contributed by atoms with E-state index in [0.29, 0.717) is 0 Å². The molecule has 6 heteroatoms. The Bertz CT molecular complexity index is 909. The summed E-state index contributed by atoms with van der Waals surface area (Å²) in [4.78, 5) is 11.4. The van der Waals surface area contributed by atoms with Gasteiger partial charge < -0.3 is 14.8 Å². The van der Waals surface area contributed by atoms with Gasteiger partial charge in [0.05, 0.1) is 30.0 Å². The van der Waals surface area contributed by atoms with Gasteiger partial charge in [-0.2, -0.15) is 0 Å². The number of nitrogens with zero attached hydrogens (tertiary/aromatic N) is 4. The third-order valence-electron chi connectivity index (χ3n) is 5.18. The summed E-state index contributed by atoms with van der Waals surface area (Å²) in [5, 5.41) is 4.33. The zero-order chi connectivity index (χ0) is 19.3. The van der Waals surface area contributed by atoms with Crippen molar-refractivity contribution in [2.45, 2.75) is 38.4 Å². The molecule has 3 aromatic heterocycles. The lowest BCUT2D eigenvalue weighted by atomic mass is 10.0. The van der Waals surface area contributed by atoms with Crippen LogP contribution in [0.1, 0.15) is 48.9 Å². The number of rotatable bonds is 7. The average Bonchev–Trinajstić information content (AvgIpc) is 3.31. The number of hydrogen-bond donors (Lipinski definition) is 1. The van der Waals surface area contributed by atoms with Crippen LogP contribution in [0.4, 0.5) is 0 Å². The maximum atomic E-state index is 5.72. The maximum Gasteiger partial charge on any atom is 0.170 e. The predicted molar refractivity (Wildman–Crippen MR) is 115 cm³/mol. The number of nitrogens with one attached hydrogen (secondary N) is 1. The second-order valence-corrected chi connectivity index (χ2v) is 7.44. The van der Waals surface area contributed by atoms with Gasteiger partial charge in [0.25, 0.3) is 0 Å². The molecule has 0 bridgehead atoms. The normalized spacial score (nSPS) is 19.0. The summed E-state index contributed by atoms with van der Waals surface area (Å²) in [6.45, 7) is 3.88. The Morgan fingerprint density at radius 1 is 1.04 bits per heavy atom. The average molecular weight is 392 g/mol. The lowest BCUT2D eigenvalue weighted by molar-refractivity contribution is 0.300. The van der Waals surface area contributed by atoms with E-state index >= 15 is 0 Å². The van der Waals surface area contributed by atoms with E-state index in [4.69, 9.17) is 12.2 Å². The van der Waals surface area contributed by atoms with Crippen molar-refractivity contribution in [1.29, 1.82) is 0 Å². The lowest BCUT2D eigenvalue weighted by Crippen LogP contribution is -2.31. The first-order valence-electron chi connectivity index (χ1n) is 9.81. The van der Waals surface area contributed by atoms with Crippen LogP contribution < -0.4 is 5.32 Å². The van der Waals surface area contributed by atoms with Gasteiger partial charge in [0.1, 0.15) is 0 Å². The molecule has 1 aliphatic rings. The molecule has 1 N–H and O–H groups in total. The minimum absolute atomic E-state index is 0.0305. The molecule has 4 heterocycles. The standard InChI is InChI=1S/C22H25N5S/c1-2-3-15-27-21(20(25-22(27)28)18-10-5-7-13-24-18)19-11-8-14-26(19)16-17-9-4-6-12-23-17/h4-14,20-21H,2-3,15-16H2,1H3,(H,25,28)/t20-,21-/m1/s1. The molecule has 0 spiro atoms. The number of aromatic nitrogens is 3. The van der Waals surface area contributed by atoms with Crippen molar-refractivity contribution in [3.63, 3.8) is 0 Å². The molecule has 0 aliphatic carbocycles. The molecule has 0 aromatic carbocycles. The van der Waals surface area contributed by atoms with Crippen LogP contribution >= 0.6 is 12.2 Å². The summed E-state index contributed by atoms with van der Waals surface area (Å²) in [6, 6.07) is 16.5. The molecule has 0 unspecified atom stereocenters. The van der Waals surface area contributed by atoms with Gasteiger partial charge in [-0.15, -0.1) is 0 Å². The number of unbranched alkanes of at least 4 members (excludes halogenated alkanes) is 1. The van der Waals surface area contributed by atoms with Gasteiger partial charge in [-0.3, -0.25) is 9.97 Å². The van der Waals surface area contributed by atoms with Crippen molar-refractivity contribution in [2.75, 3.05) is 6.54 Å². The first kappa shape index (κ1) is 18.6. The Balaban J connectivity index is 1.70. The van der Waals surface area contributed by atoms with Crippen LogP contribution in [0, 0.1) is 0 Å². The largest absolute Gasteiger partial charge is 0.352 e. The quantitative estimate of drug-likeness (QED) is 0.615. The first-order valence-corrected chi connectivity index (χ1v) is 10.2. The van der Waals surface area contributed by atoms with Gasteiger partial charge in [0, 0.05) is 30.8 Å². The molecule has 1 fully saturated rings. The Labute approximate surface area is 171 Å². The summed E-state index contributed by atoms with van der Waals surface area (Å²) in [6.07, 6.45) is 8.05. The van der Waals surface area contributed by atoms with Crippen molar-refractivity contribution < 1.29 is 0 Å². The summed E-state index contributed by atoms with van der Waals surface area (Å²) >= 11 is 5.72. The van der Waals surface area contributed by atoms with E-state index in [1.165, 1.54) is 5.69 Å². The minimum Gasteiger partial charge on any atom is -0.352 e. The second-order valence-electron chi connectivity index (χ2n) is 7.06. The molecule has 3 aromatic rings. The highest BCUT2D eigenvalue weighted by Crippen LogP contribution is 2.38. The summed E-state index contributed by atoms with van der Waals surface area (Å²) in [5.41, 5.74) is 3.28. The molecule has 28 heavy (non-hydrogen) atoms. The van der Waals surface area contributed by atoms with Crippen LogP contribution in [-0.2, 0) is 6.54 Å². The molecule has 1 aliphatic heterocycles. The van der Waals surface area contributed by atoms with E-state index in [-0.39, 0.29) is 12.1 Å². The highest BCUT2D eigenvalue weighted by Gasteiger charge is 2.40. The Morgan fingerprint density at radius 2 is 1.86 bits per heavy atom. The fourth-order valence-corrected chi connectivity index (χ4v) is 4.13. The van der Waals surface area contributed by atoms with Crippen molar-refractivity contribution >= 4 is 17.3 Å². The Kier molecular flexibility index (Phi) is 5.67. The molecule has 4 rings (SSSR count). The van der Waals surface area contributed by atoms with Crippen LogP contribution in [0.25, 0.3) is 0 Å². The monoisotopic (exact) mass is 391 g/mol. The van der Waals surface area contributed by atoms with Crippen LogP contribution in [0.2, 0.25) is 0 Å². The van der Waals surface area contributed by atoms with Gasteiger partial charge >= 0.3 is 0 Å². The van der Waals surface area contributed by atoms with Crippen molar-refractivity contribution in [3.8, 4) is 0 Å². The second kappa shape index (κ2) is 8.52. The van der Waals surface area contributed by atoms with E-state index in [1.807, 2.05) is 36.7 Å². The number of hydrogen-bond acceptors (Lipinski definition) is 3. The molecule has 1 saturated heterocycles. The van der Waals surface area contributed by atoms with E-state index < -0.39 is 0 Å². The molecular formula is C22H25N5S. The van der Waals surface area contributed by atoms with Gasteiger partial charge in [-0.05, 0) is 55.0 Å². The smallest absolute Gasteiger partial charge is 0.170 e. The molecule has 5 nitrogen and oxygen atoms in total. The van der Waals surface area contributed by atoms with Gasteiger partial charge in [0.15, 0.2) is 5.11 Å². The topological polar surface area (TPSA) is 46.0 Å². The summed E-state index contributed by atoms with van der Waals surface area (Å²) < 4.78 is 2.28. The van der Waals surface area contributed by atoms with Gasteiger partial charge in [-0.1, -0.05) is 25.5 Å². The van der Waals surface area contributed by atoms with E-state index in [2.05, 4.69) is 62.1 Å². The SMILES string of the molecule is CCCCN1C(=S)N[C@H](c2ccccn2)[C@H]1c1cccn1Cc1ccccn1. The van der Waals surface area contributed by atoms with Crippen molar-refractivity contribution in [2.24, 2.45) is 0 Å². The first-order chi connectivity index (χ1) is 13.8. The molecule has 0 radical (unpaired) electrons. The molecule has 0 saturated carbocycles. The minimum atomic E-state index is 0.0305. The van der Waals surface area contributed by atoms with Crippen LogP contribution in [0.5, 0.6) is 0 Å². The van der Waals surface area contributed by atoms with Crippen molar-refractivity contribution in [1.82, 2.24) is 24.8 Å². The third kappa shape index (κ3) is 3.78. The number of thiocarbonyl (C=S) groups is 1. The summed E-state index contributed by atoms with van der Waals surface area (Å²) in [7, 11) is 0. The third-order valence-corrected chi connectivity index (χ3v) is 5.53. The molecule has 0 amide bonds. The fraction of sp³-hybridized carbons (Fsp3) is 0.318. The summed E-state index contributed by atoms with van der Waals surface area (Å²) in [5.74, 6) is 0. The zero-order valence-electron chi connectivity index (χ0n) is 16.0. The van der Waals surface area contributed by atoms with Crippen LogP contribution in [-0.4, -0.2) is 31.1 Å². The maximum absolute atomic E-state index is 5.72. The highest BCUT2D eigenvalue weighted by atomic mass is 32.1. The predicted octanol–water partition coefficient (Wildman–Crippen LogP) is 4.10.